The maximum atomic E-state index is 12.1. The molecular weight excluding hydrogens is 345 g/mol. The highest BCUT2D eigenvalue weighted by atomic mass is 79.9. The van der Waals surface area contributed by atoms with E-state index < -0.39 is 12.1 Å². The molecule has 2 rings (SSSR count). The molecule has 0 unspecified atom stereocenters. The van der Waals surface area contributed by atoms with Gasteiger partial charge >= 0.3 is 6.36 Å². The lowest BCUT2D eigenvalue weighted by Gasteiger charge is -2.09. The maximum absolute atomic E-state index is 12.1. The van der Waals surface area contributed by atoms with Crippen LogP contribution in [0.15, 0.2) is 40.2 Å². The van der Waals surface area contributed by atoms with Crippen LogP contribution in [0, 0.1) is 0 Å². The van der Waals surface area contributed by atoms with Gasteiger partial charge in [0.2, 0.25) is 5.78 Å². The molecule has 0 N–H and O–H groups in total. The summed E-state index contributed by atoms with van der Waals surface area (Å²) in [6.07, 6.45) is -4.77. The maximum Gasteiger partial charge on any atom is 0.573 e. The third-order valence-corrected chi connectivity index (χ3v) is 3.75. The van der Waals surface area contributed by atoms with Crippen LogP contribution in [0.5, 0.6) is 5.75 Å². The van der Waals surface area contributed by atoms with Gasteiger partial charge in [-0.3, -0.25) is 4.79 Å². The zero-order valence-electron chi connectivity index (χ0n) is 9.20. The van der Waals surface area contributed by atoms with Gasteiger partial charge in [-0.25, -0.2) is 0 Å². The summed E-state index contributed by atoms with van der Waals surface area (Å²) >= 11 is 4.43. The molecule has 1 aromatic carbocycles. The van der Waals surface area contributed by atoms with Gasteiger partial charge in [0.25, 0.3) is 0 Å². The second kappa shape index (κ2) is 5.34. The number of carbonyl (C=O) groups excluding carboxylic acids is 1. The van der Waals surface area contributed by atoms with E-state index in [0.717, 1.165) is 15.9 Å². The van der Waals surface area contributed by atoms with E-state index in [1.54, 1.807) is 12.1 Å². The first-order valence-corrected chi connectivity index (χ1v) is 6.62. The second-order valence-electron chi connectivity index (χ2n) is 3.51. The van der Waals surface area contributed by atoms with Crippen LogP contribution in [0.4, 0.5) is 13.2 Å². The zero-order valence-corrected chi connectivity index (χ0v) is 11.6. The van der Waals surface area contributed by atoms with E-state index in [9.17, 15) is 18.0 Å². The van der Waals surface area contributed by atoms with Crippen LogP contribution in [-0.2, 0) is 0 Å². The van der Waals surface area contributed by atoms with Gasteiger partial charge in [-0.1, -0.05) is 12.1 Å². The number of hydrogen-bond donors (Lipinski definition) is 0. The Morgan fingerprint density at radius 1 is 1.21 bits per heavy atom. The van der Waals surface area contributed by atoms with Crippen LogP contribution < -0.4 is 4.74 Å². The van der Waals surface area contributed by atoms with Crippen LogP contribution in [0.3, 0.4) is 0 Å². The quantitative estimate of drug-likeness (QED) is 0.753. The van der Waals surface area contributed by atoms with Crippen LogP contribution >= 0.6 is 27.3 Å². The molecule has 0 saturated heterocycles. The van der Waals surface area contributed by atoms with Gasteiger partial charge in [0, 0.05) is 5.56 Å². The molecular formula is C12H6BrF3O2S. The van der Waals surface area contributed by atoms with Gasteiger partial charge in [0.15, 0.2) is 0 Å². The smallest absolute Gasteiger partial charge is 0.406 e. The van der Waals surface area contributed by atoms with Gasteiger partial charge in [0.1, 0.15) is 5.75 Å². The summed E-state index contributed by atoms with van der Waals surface area (Å²) in [4.78, 5) is 12.5. The van der Waals surface area contributed by atoms with E-state index in [4.69, 9.17) is 0 Å². The number of carbonyl (C=O) groups is 1. The van der Waals surface area contributed by atoms with Crippen LogP contribution in [0.25, 0.3) is 0 Å². The van der Waals surface area contributed by atoms with Crippen molar-refractivity contribution in [2.45, 2.75) is 6.36 Å². The van der Waals surface area contributed by atoms with Crippen molar-refractivity contribution in [3.8, 4) is 5.75 Å². The molecule has 0 saturated carbocycles. The lowest BCUT2D eigenvalue weighted by atomic mass is 10.1. The number of rotatable bonds is 3. The molecule has 1 heterocycles. The molecule has 0 fully saturated rings. The SMILES string of the molecule is O=C(c1cccc(OC(F)(F)F)c1)c1ccc(Br)s1. The summed E-state index contributed by atoms with van der Waals surface area (Å²) in [5.74, 6) is -0.753. The molecule has 0 amide bonds. The highest BCUT2D eigenvalue weighted by Crippen LogP contribution is 2.27. The van der Waals surface area contributed by atoms with Crippen molar-refractivity contribution in [3.05, 3.63) is 50.6 Å². The van der Waals surface area contributed by atoms with Crippen molar-refractivity contribution in [2.75, 3.05) is 0 Å². The molecule has 7 heteroatoms. The Bertz CT molecular complexity index is 607. The minimum atomic E-state index is -4.77. The topological polar surface area (TPSA) is 26.3 Å². The largest absolute Gasteiger partial charge is 0.573 e. The lowest BCUT2D eigenvalue weighted by Crippen LogP contribution is -2.17. The Hall–Kier alpha value is -1.34. The van der Waals surface area contributed by atoms with Gasteiger partial charge in [0.05, 0.1) is 8.66 Å². The average molecular weight is 351 g/mol. The van der Waals surface area contributed by atoms with E-state index in [1.807, 2.05) is 0 Å². The molecule has 2 aromatic rings. The number of thiophene rings is 1. The monoisotopic (exact) mass is 350 g/mol. The summed E-state index contributed by atoms with van der Waals surface area (Å²) < 4.78 is 40.8. The van der Waals surface area contributed by atoms with Gasteiger partial charge in [-0.15, -0.1) is 24.5 Å². The van der Waals surface area contributed by atoms with E-state index in [1.165, 1.54) is 23.5 Å². The first kappa shape index (κ1) is 14.1. The van der Waals surface area contributed by atoms with Crippen molar-refractivity contribution in [1.29, 1.82) is 0 Å². The molecule has 0 atom stereocenters. The van der Waals surface area contributed by atoms with Gasteiger partial charge in [-0.2, -0.15) is 0 Å². The zero-order chi connectivity index (χ0) is 14.0. The molecule has 0 aliphatic carbocycles. The minimum Gasteiger partial charge on any atom is -0.406 e. The number of alkyl halides is 3. The molecule has 19 heavy (non-hydrogen) atoms. The fraction of sp³-hybridized carbons (Fsp3) is 0.0833. The van der Waals surface area contributed by atoms with Crippen molar-refractivity contribution in [2.24, 2.45) is 0 Å². The molecule has 0 aliphatic heterocycles. The van der Waals surface area contributed by atoms with E-state index in [0.29, 0.717) is 4.88 Å². The first-order chi connectivity index (χ1) is 8.85. The predicted molar refractivity (Wildman–Crippen MR) is 68.6 cm³/mol. The fourth-order valence-corrected chi connectivity index (χ4v) is 2.76. The Kier molecular flexibility index (Phi) is 3.96. The normalized spacial score (nSPS) is 11.4. The van der Waals surface area contributed by atoms with Crippen molar-refractivity contribution in [1.82, 2.24) is 0 Å². The highest BCUT2D eigenvalue weighted by Gasteiger charge is 2.31. The standard InChI is InChI=1S/C12H6BrF3O2S/c13-10-5-4-9(19-10)11(17)7-2-1-3-8(6-7)18-12(14,15)16/h1-6H. The van der Waals surface area contributed by atoms with Crippen LogP contribution in [0.2, 0.25) is 0 Å². The number of hydrogen-bond acceptors (Lipinski definition) is 3. The third kappa shape index (κ3) is 3.81. The average Bonchev–Trinajstić information content (AvgIpc) is 2.73. The molecule has 0 bridgehead atoms. The summed E-state index contributed by atoms with van der Waals surface area (Å²) in [7, 11) is 0. The minimum absolute atomic E-state index is 0.149. The highest BCUT2D eigenvalue weighted by molar-refractivity contribution is 9.11. The number of benzene rings is 1. The molecule has 100 valence electrons. The van der Waals surface area contributed by atoms with Crippen molar-refractivity contribution < 1.29 is 22.7 Å². The summed E-state index contributed by atoms with van der Waals surface area (Å²) in [6.45, 7) is 0. The Morgan fingerprint density at radius 2 is 1.95 bits per heavy atom. The van der Waals surface area contributed by atoms with E-state index in [2.05, 4.69) is 20.7 Å². The van der Waals surface area contributed by atoms with Crippen LogP contribution in [-0.4, -0.2) is 12.1 Å². The molecule has 0 radical (unpaired) electrons. The molecule has 2 nitrogen and oxygen atoms in total. The second-order valence-corrected chi connectivity index (χ2v) is 5.97. The third-order valence-electron chi connectivity index (χ3n) is 2.13. The van der Waals surface area contributed by atoms with Crippen molar-refractivity contribution >= 4 is 33.0 Å². The predicted octanol–water partition coefficient (Wildman–Crippen LogP) is 4.64. The van der Waals surface area contributed by atoms with Crippen LogP contribution in [0.1, 0.15) is 15.2 Å². The summed E-state index contributed by atoms with van der Waals surface area (Å²) in [5.41, 5.74) is 0.149. The van der Waals surface area contributed by atoms with Gasteiger partial charge < -0.3 is 4.74 Å². The lowest BCUT2D eigenvalue weighted by molar-refractivity contribution is -0.274. The number of ketones is 1. The Balaban J connectivity index is 2.26. The Labute approximate surface area is 118 Å². The number of ether oxygens (including phenoxy) is 1. The molecule has 1 aromatic heterocycles. The molecule has 0 spiro atoms. The Morgan fingerprint density at radius 3 is 2.53 bits per heavy atom. The van der Waals surface area contributed by atoms with E-state index >= 15 is 0 Å². The van der Waals surface area contributed by atoms with Gasteiger partial charge in [-0.05, 0) is 40.2 Å². The molecule has 0 aliphatic rings. The fourth-order valence-electron chi connectivity index (χ4n) is 1.41. The summed E-state index contributed by atoms with van der Waals surface area (Å²) in [5, 5.41) is 0. The number of halogens is 4. The van der Waals surface area contributed by atoms with E-state index in [-0.39, 0.29) is 11.3 Å². The first-order valence-electron chi connectivity index (χ1n) is 5.01. The summed E-state index contributed by atoms with van der Waals surface area (Å²) in [6, 6.07) is 8.32. The van der Waals surface area contributed by atoms with Crippen molar-refractivity contribution in [3.63, 3.8) is 0 Å².